The van der Waals surface area contributed by atoms with E-state index in [1.165, 1.54) is 0 Å². The minimum absolute atomic E-state index is 0.0996. The molecule has 1 aromatic carbocycles. The lowest BCUT2D eigenvalue weighted by molar-refractivity contribution is 0.318. The molecule has 3 nitrogen and oxygen atoms in total. The van der Waals surface area contributed by atoms with E-state index in [-0.39, 0.29) is 5.43 Å². The highest BCUT2D eigenvalue weighted by atomic mass is 16.5. The normalized spacial score (nSPS) is 10.8. The van der Waals surface area contributed by atoms with Crippen LogP contribution in [0.25, 0.3) is 10.9 Å². The number of nitrogens with one attached hydrogen (secondary N) is 1. The van der Waals surface area contributed by atoms with E-state index in [0.29, 0.717) is 12.0 Å². The van der Waals surface area contributed by atoms with Crippen LogP contribution in [0.5, 0.6) is 5.75 Å². The summed E-state index contributed by atoms with van der Waals surface area (Å²) in [5.41, 5.74) is 2.79. The van der Waals surface area contributed by atoms with E-state index in [1.54, 1.807) is 0 Å². The summed E-state index contributed by atoms with van der Waals surface area (Å²) in [6.45, 7) is 6.65. The molecule has 0 aliphatic carbocycles. The number of aryl methyl sites for hydroxylation is 1. The molecule has 0 radical (unpaired) electrons. The average molecular weight is 245 g/mol. The van der Waals surface area contributed by atoms with Gasteiger partial charge in [-0.15, -0.1) is 0 Å². The minimum Gasteiger partial charge on any atom is -0.494 e. The number of benzene rings is 1. The van der Waals surface area contributed by atoms with Crippen LogP contribution in [0.3, 0.4) is 0 Å². The number of hydrogen-bond acceptors (Lipinski definition) is 2. The van der Waals surface area contributed by atoms with E-state index in [2.05, 4.69) is 11.9 Å². The van der Waals surface area contributed by atoms with E-state index in [9.17, 15) is 4.79 Å². The lowest BCUT2D eigenvalue weighted by atomic mass is 10.1. The molecule has 0 unspecified atom stereocenters. The fraction of sp³-hybridized carbons (Fsp3) is 0.400. The van der Waals surface area contributed by atoms with Gasteiger partial charge < -0.3 is 9.72 Å². The van der Waals surface area contributed by atoms with Crippen molar-refractivity contribution in [3.63, 3.8) is 0 Å². The zero-order valence-corrected chi connectivity index (χ0v) is 11.2. The van der Waals surface area contributed by atoms with Crippen molar-refractivity contribution in [3.05, 3.63) is 39.7 Å². The second-order valence-electron chi connectivity index (χ2n) is 4.47. The molecule has 0 aliphatic heterocycles. The summed E-state index contributed by atoms with van der Waals surface area (Å²) >= 11 is 0. The molecule has 1 aromatic heterocycles. The van der Waals surface area contributed by atoms with Gasteiger partial charge in [0.1, 0.15) is 5.75 Å². The molecule has 0 bridgehead atoms. The Morgan fingerprint density at radius 3 is 2.72 bits per heavy atom. The van der Waals surface area contributed by atoms with Gasteiger partial charge in [-0.05, 0) is 38.0 Å². The summed E-state index contributed by atoms with van der Waals surface area (Å²) < 4.78 is 5.56. The summed E-state index contributed by atoms with van der Waals surface area (Å²) in [6.07, 6.45) is 1.80. The number of rotatable bonds is 4. The molecule has 18 heavy (non-hydrogen) atoms. The Labute approximate surface area is 107 Å². The SMILES string of the molecule is CCCOc1ccc2[nH]c(CC)c(C)c(=O)c2c1. The van der Waals surface area contributed by atoms with Crippen LogP contribution in [0, 0.1) is 6.92 Å². The maximum Gasteiger partial charge on any atom is 0.192 e. The number of H-pyrrole nitrogens is 1. The van der Waals surface area contributed by atoms with Crippen LogP contribution in [-0.4, -0.2) is 11.6 Å². The van der Waals surface area contributed by atoms with Crippen molar-refractivity contribution in [1.29, 1.82) is 0 Å². The summed E-state index contributed by atoms with van der Waals surface area (Å²) in [4.78, 5) is 15.6. The van der Waals surface area contributed by atoms with Crippen LogP contribution in [0.15, 0.2) is 23.0 Å². The Bertz CT molecular complexity index is 614. The molecule has 1 N–H and O–H groups in total. The molecular weight excluding hydrogens is 226 g/mol. The Morgan fingerprint density at radius 2 is 2.06 bits per heavy atom. The Kier molecular flexibility index (Phi) is 3.70. The third-order valence-electron chi connectivity index (χ3n) is 3.14. The van der Waals surface area contributed by atoms with E-state index >= 15 is 0 Å². The summed E-state index contributed by atoms with van der Waals surface area (Å²) in [5, 5.41) is 0.707. The predicted octanol–water partition coefficient (Wildman–Crippen LogP) is 3.19. The van der Waals surface area contributed by atoms with Crippen molar-refractivity contribution in [2.75, 3.05) is 6.61 Å². The van der Waals surface area contributed by atoms with Gasteiger partial charge in [0.05, 0.1) is 6.61 Å². The monoisotopic (exact) mass is 245 g/mol. The molecule has 0 saturated carbocycles. The number of aromatic amines is 1. The molecule has 0 saturated heterocycles. The van der Waals surface area contributed by atoms with E-state index < -0.39 is 0 Å². The zero-order valence-electron chi connectivity index (χ0n) is 11.2. The van der Waals surface area contributed by atoms with Gasteiger partial charge >= 0.3 is 0 Å². The second kappa shape index (κ2) is 5.25. The highest BCUT2D eigenvalue weighted by molar-refractivity contribution is 5.81. The molecule has 96 valence electrons. The van der Waals surface area contributed by atoms with Crippen molar-refractivity contribution in [2.24, 2.45) is 0 Å². The van der Waals surface area contributed by atoms with Crippen molar-refractivity contribution >= 4 is 10.9 Å². The highest BCUT2D eigenvalue weighted by Gasteiger charge is 2.07. The van der Waals surface area contributed by atoms with Crippen LogP contribution in [-0.2, 0) is 6.42 Å². The first-order valence-electron chi connectivity index (χ1n) is 6.45. The quantitative estimate of drug-likeness (QED) is 0.898. The molecule has 0 atom stereocenters. The van der Waals surface area contributed by atoms with Gasteiger partial charge in [0.25, 0.3) is 0 Å². The second-order valence-corrected chi connectivity index (χ2v) is 4.47. The maximum atomic E-state index is 12.3. The largest absolute Gasteiger partial charge is 0.494 e. The third-order valence-corrected chi connectivity index (χ3v) is 3.14. The Morgan fingerprint density at radius 1 is 1.28 bits per heavy atom. The third kappa shape index (κ3) is 2.26. The fourth-order valence-electron chi connectivity index (χ4n) is 2.08. The molecule has 1 heterocycles. The molecule has 3 heteroatoms. The minimum atomic E-state index is 0.0996. The Hall–Kier alpha value is -1.77. The number of fused-ring (bicyclic) bond motifs is 1. The summed E-state index contributed by atoms with van der Waals surface area (Å²) in [7, 11) is 0. The first kappa shape index (κ1) is 12.7. The van der Waals surface area contributed by atoms with E-state index in [1.807, 2.05) is 32.0 Å². The van der Waals surface area contributed by atoms with Gasteiger partial charge in [-0.3, -0.25) is 4.79 Å². The van der Waals surface area contributed by atoms with Crippen LogP contribution < -0.4 is 10.2 Å². The van der Waals surface area contributed by atoms with E-state index in [0.717, 1.165) is 35.4 Å². The summed E-state index contributed by atoms with van der Waals surface area (Å²) in [5.74, 6) is 0.762. The lowest BCUT2D eigenvalue weighted by Gasteiger charge is -2.09. The van der Waals surface area contributed by atoms with Gasteiger partial charge in [0.15, 0.2) is 5.43 Å². The first-order chi connectivity index (χ1) is 8.67. The average Bonchev–Trinajstić information content (AvgIpc) is 2.40. The van der Waals surface area contributed by atoms with Crippen LogP contribution in [0.1, 0.15) is 31.5 Å². The van der Waals surface area contributed by atoms with E-state index in [4.69, 9.17) is 4.74 Å². The van der Waals surface area contributed by atoms with Crippen molar-refractivity contribution < 1.29 is 4.74 Å². The first-order valence-corrected chi connectivity index (χ1v) is 6.45. The molecular formula is C15H19NO2. The molecule has 2 rings (SSSR count). The Balaban J connectivity index is 2.56. The highest BCUT2D eigenvalue weighted by Crippen LogP contribution is 2.18. The van der Waals surface area contributed by atoms with Crippen molar-refractivity contribution in [3.8, 4) is 5.75 Å². The molecule has 0 fully saturated rings. The van der Waals surface area contributed by atoms with Crippen LogP contribution in [0.4, 0.5) is 0 Å². The molecule has 0 spiro atoms. The summed E-state index contributed by atoms with van der Waals surface area (Å²) in [6, 6.07) is 5.65. The molecule has 0 amide bonds. The van der Waals surface area contributed by atoms with Gasteiger partial charge in [0.2, 0.25) is 0 Å². The smallest absolute Gasteiger partial charge is 0.192 e. The standard InChI is InChI=1S/C15H19NO2/c1-4-8-18-11-6-7-14-12(9-11)15(17)10(3)13(5-2)16-14/h6-7,9H,4-5,8H2,1-3H3,(H,16,17). The number of hydrogen-bond donors (Lipinski definition) is 1. The van der Waals surface area contributed by atoms with Gasteiger partial charge in [-0.25, -0.2) is 0 Å². The maximum absolute atomic E-state index is 12.3. The van der Waals surface area contributed by atoms with Gasteiger partial charge in [-0.1, -0.05) is 13.8 Å². The predicted molar refractivity (Wildman–Crippen MR) is 74.5 cm³/mol. The van der Waals surface area contributed by atoms with Crippen molar-refractivity contribution in [1.82, 2.24) is 4.98 Å². The van der Waals surface area contributed by atoms with Gasteiger partial charge in [-0.2, -0.15) is 0 Å². The number of aromatic nitrogens is 1. The fourth-order valence-corrected chi connectivity index (χ4v) is 2.08. The van der Waals surface area contributed by atoms with Crippen molar-refractivity contribution in [2.45, 2.75) is 33.6 Å². The van der Waals surface area contributed by atoms with Crippen LogP contribution >= 0.6 is 0 Å². The van der Waals surface area contributed by atoms with Crippen LogP contribution in [0.2, 0.25) is 0 Å². The number of ether oxygens (including phenoxy) is 1. The zero-order chi connectivity index (χ0) is 13.1. The number of pyridine rings is 1. The van der Waals surface area contributed by atoms with Gasteiger partial charge in [0, 0.05) is 22.2 Å². The molecule has 0 aliphatic rings. The topological polar surface area (TPSA) is 42.1 Å². The lowest BCUT2D eigenvalue weighted by Crippen LogP contribution is -2.11. The molecule has 2 aromatic rings.